The summed E-state index contributed by atoms with van der Waals surface area (Å²) in [5, 5.41) is 10.2. The number of ether oxygens (including phenoxy) is 1. The molecule has 264 valence electrons. The number of anilines is 1. The fourth-order valence-electron chi connectivity index (χ4n) is 7.37. The average molecular weight is 679 g/mol. The van der Waals surface area contributed by atoms with E-state index in [9.17, 15) is 13.5 Å². The monoisotopic (exact) mass is 678 g/mol. The molecule has 2 saturated heterocycles. The first-order valence-electron chi connectivity index (χ1n) is 18.6. The molecule has 2 fully saturated rings. The summed E-state index contributed by atoms with van der Waals surface area (Å²) in [4.78, 5) is 12.3. The highest BCUT2D eigenvalue weighted by Crippen LogP contribution is 2.38. The summed E-state index contributed by atoms with van der Waals surface area (Å²) in [6, 6.07) is 13.5. The van der Waals surface area contributed by atoms with Crippen molar-refractivity contribution < 1.29 is 18.3 Å². The molecule has 9 heteroatoms. The minimum Gasteiger partial charge on any atom is -0.494 e. The van der Waals surface area contributed by atoms with E-state index in [1.807, 2.05) is 19.1 Å². The summed E-state index contributed by atoms with van der Waals surface area (Å²) >= 11 is 0. The van der Waals surface area contributed by atoms with Gasteiger partial charge in [0.25, 0.3) is 0 Å². The smallest absolute Gasteiger partial charge is 0.210 e. The zero-order chi connectivity index (χ0) is 33.8. The number of piperazine rings is 1. The van der Waals surface area contributed by atoms with Gasteiger partial charge >= 0.3 is 0 Å². The van der Waals surface area contributed by atoms with E-state index < -0.39 is 9.84 Å². The molecule has 0 atom stereocenters. The van der Waals surface area contributed by atoms with Crippen LogP contribution in [0.25, 0.3) is 10.9 Å². The lowest BCUT2D eigenvalue weighted by Crippen LogP contribution is -2.53. The Morgan fingerprint density at radius 3 is 2.12 bits per heavy atom. The van der Waals surface area contributed by atoms with Crippen LogP contribution in [-0.2, 0) is 9.84 Å². The summed E-state index contributed by atoms with van der Waals surface area (Å²) in [7, 11) is -3.83. The van der Waals surface area contributed by atoms with Crippen molar-refractivity contribution in [3.8, 4) is 5.75 Å². The second-order valence-corrected chi connectivity index (χ2v) is 15.7. The minimum absolute atomic E-state index is 0.209. The number of aryl methyl sites for hydroxylation is 1. The third-order valence-corrected chi connectivity index (χ3v) is 12.0. The van der Waals surface area contributed by atoms with Gasteiger partial charge in [0.05, 0.1) is 29.3 Å². The number of aliphatic hydroxyl groups excluding tert-OH is 1. The summed E-state index contributed by atoms with van der Waals surface area (Å²) in [6.07, 6.45) is 16.3. The summed E-state index contributed by atoms with van der Waals surface area (Å²) in [5.41, 5.74) is 2.67. The van der Waals surface area contributed by atoms with Gasteiger partial charge in [-0.2, -0.15) is 0 Å². The summed E-state index contributed by atoms with van der Waals surface area (Å²) in [5.74, 6) is 0.705. The SMILES string of the molecule is CCCCCCCCCCCCOc1ccc(S(=O)(=O)c2cnc3ccc(C)cc3c2N2CCC(N3CCN(CCO)CC3)CC2)cc1. The second-order valence-electron chi connectivity index (χ2n) is 13.8. The molecule has 0 bridgehead atoms. The van der Waals surface area contributed by atoms with Gasteiger partial charge in [0.1, 0.15) is 10.6 Å². The number of aromatic nitrogens is 1. The van der Waals surface area contributed by atoms with Crippen molar-refractivity contribution in [2.24, 2.45) is 0 Å². The molecule has 0 unspecified atom stereocenters. The number of fused-ring (bicyclic) bond motifs is 1. The molecule has 0 aliphatic carbocycles. The lowest BCUT2D eigenvalue weighted by Gasteiger charge is -2.43. The number of benzene rings is 2. The predicted molar refractivity (Wildman–Crippen MR) is 196 cm³/mol. The number of rotatable bonds is 18. The fourth-order valence-corrected chi connectivity index (χ4v) is 8.80. The fraction of sp³-hybridized carbons (Fsp3) is 0.615. The van der Waals surface area contributed by atoms with Gasteiger partial charge in [-0.05, 0) is 62.6 Å². The highest BCUT2D eigenvalue weighted by atomic mass is 32.2. The standard InChI is InChI=1S/C39H58N4O4S/c1-3-4-5-6-7-8-9-10-11-12-29-47-34-14-16-35(17-15-34)48(45,46)38-31-40-37-18-13-32(2)30-36(37)39(38)43-21-19-33(20-22-43)42-25-23-41(24-26-42)27-28-44/h13-18,30-31,33,44H,3-12,19-29H2,1-2H3. The van der Waals surface area contributed by atoms with Crippen molar-refractivity contribution in [2.75, 3.05) is 63.9 Å². The Morgan fingerprint density at radius 1 is 0.833 bits per heavy atom. The Hall–Kier alpha value is -2.72. The first-order valence-corrected chi connectivity index (χ1v) is 20.1. The van der Waals surface area contributed by atoms with E-state index in [0.717, 1.165) is 93.7 Å². The molecule has 0 radical (unpaired) electrons. The number of unbranched alkanes of at least 4 members (excludes halogenated alkanes) is 9. The molecule has 3 heterocycles. The average Bonchev–Trinajstić information content (AvgIpc) is 3.11. The lowest BCUT2D eigenvalue weighted by atomic mass is 10.0. The van der Waals surface area contributed by atoms with E-state index in [1.165, 1.54) is 51.4 Å². The molecule has 0 amide bonds. The van der Waals surface area contributed by atoms with Gasteiger partial charge in [0.15, 0.2) is 0 Å². The minimum atomic E-state index is -3.83. The summed E-state index contributed by atoms with van der Waals surface area (Å²) in [6.45, 7) is 11.5. The number of pyridine rings is 1. The second kappa shape index (κ2) is 18.3. The Morgan fingerprint density at radius 2 is 1.48 bits per heavy atom. The van der Waals surface area contributed by atoms with E-state index in [0.29, 0.717) is 18.4 Å². The lowest BCUT2D eigenvalue weighted by molar-refractivity contribution is 0.0747. The van der Waals surface area contributed by atoms with E-state index >= 15 is 0 Å². The maximum Gasteiger partial charge on any atom is 0.210 e. The Labute approximate surface area is 289 Å². The zero-order valence-corrected chi connectivity index (χ0v) is 30.2. The molecule has 0 spiro atoms. The first-order chi connectivity index (χ1) is 23.4. The third-order valence-electron chi connectivity index (χ3n) is 10.3. The quantitative estimate of drug-likeness (QED) is 0.141. The van der Waals surface area contributed by atoms with Crippen LogP contribution >= 0.6 is 0 Å². The number of hydrogen-bond donors (Lipinski definition) is 1. The van der Waals surface area contributed by atoms with Crippen LogP contribution in [0, 0.1) is 6.92 Å². The van der Waals surface area contributed by atoms with E-state index in [1.54, 1.807) is 30.5 Å². The molecular weight excluding hydrogens is 621 g/mol. The van der Waals surface area contributed by atoms with Crippen LogP contribution < -0.4 is 9.64 Å². The molecule has 2 aliphatic rings. The van der Waals surface area contributed by atoms with Crippen LogP contribution in [-0.4, -0.2) is 93.4 Å². The number of β-amino-alcohol motifs (C(OH)–C–C–N with tert-alkyl or cyclic N) is 1. The van der Waals surface area contributed by atoms with E-state index in [4.69, 9.17) is 4.74 Å². The topological polar surface area (TPSA) is 86.2 Å². The Kier molecular flexibility index (Phi) is 14.0. The Balaban J connectivity index is 1.21. The van der Waals surface area contributed by atoms with E-state index in [-0.39, 0.29) is 16.4 Å². The molecule has 1 aromatic heterocycles. The van der Waals surface area contributed by atoms with Crippen molar-refractivity contribution in [1.29, 1.82) is 0 Å². The molecule has 2 aromatic carbocycles. The van der Waals surface area contributed by atoms with Gasteiger partial charge in [0.2, 0.25) is 9.84 Å². The molecule has 8 nitrogen and oxygen atoms in total. The van der Waals surface area contributed by atoms with Crippen LogP contribution in [0.2, 0.25) is 0 Å². The van der Waals surface area contributed by atoms with Crippen LogP contribution in [0.4, 0.5) is 5.69 Å². The van der Waals surface area contributed by atoms with Crippen LogP contribution in [0.15, 0.2) is 58.5 Å². The maximum atomic E-state index is 14.3. The van der Waals surface area contributed by atoms with Crippen molar-refractivity contribution >= 4 is 26.4 Å². The summed E-state index contributed by atoms with van der Waals surface area (Å²) < 4.78 is 34.5. The van der Waals surface area contributed by atoms with Crippen molar-refractivity contribution in [3.63, 3.8) is 0 Å². The highest BCUT2D eigenvalue weighted by molar-refractivity contribution is 7.91. The molecule has 0 saturated carbocycles. The predicted octanol–water partition coefficient (Wildman–Crippen LogP) is 7.25. The van der Waals surface area contributed by atoms with Crippen molar-refractivity contribution in [2.45, 2.75) is 107 Å². The van der Waals surface area contributed by atoms with Gasteiger partial charge in [-0.1, -0.05) is 76.3 Å². The first kappa shape index (κ1) is 36.6. The van der Waals surface area contributed by atoms with Gasteiger partial charge in [-0.15, -0.1) is 0 Å². The molecular formula is C39H58N4O4S. The number of nitrogens with zero attached hydrogens (tertiary/aromatic N) is 4. The molecule has 3 aromatic rings. The molecule has 2 aliphatic heterocycles. The van der Waals surface area contributed by atoms with Crippen LogP contribution in [0.5, 0.6) is 5.75 Å². The highest BCUT2D eigenvalue weighted by Gasteiger charge is 2.32. The van der Waals surface area contributed by atoms with Gasteiger partial charge in [-0.25, -0.2) is 8.42 Å². The Bertz CT molecular complexity index is 1510. The van der Waals surface area contributed by atoms with Gasteiger partial charge in [0, 0.05) is 63.4 Å². The van der Waals surface area contributed by atoms with E-state index in [2.05, 4.69) is 32.7 Å². The van der Waals surface area contributed by atoms with Crippen LogP contribution in [0.3, 0.4) is 0 Å². The number of aliphatic hydroxyl groups is 1. The number of hydrogen-bond acceptors (Lipinski definition) is 8. The normalized spacial score (nSPS) is 16.9. The van der Waals surface area contributed by atoms with Gasteiger partial charge < -0.3 is 14.7 Å². The number of piperidine rings is 1. The third kappa shape index (κ3) is 9.71. The molecule has 48 heavy (non-hydrogen) atoms. The molecule has 5 rings (SSSR count). The largest absolute Gasteiger partial charge is 0.494 e. The van der Waals surface area contributed by atoms with Crippen molar-refractivity contribution in [3.05, 3.63) is 54.2 Å². The zero-order valence-electron chi connectivity index (χ0n) is 29.4. The molecule has 1 N–H and O–H groups in total. The van der Waals surface area contributed by atoms with Crippen LogP contribution in [0.1, 0.15) is 89.5 Å². The maximum absolute atomic E-state index is 14.3. The van der Waals surface area contributed by atoms with Crippen molar-refractivity contribution in [1.82, 2.24) is 14.8 Å². The number of sulfone groups is 1. The van der Waals surface area contributed by atoms with Gasteiger partial charge in [-0.3, -0.25) is 14.8 Å².